The topological polar surface area (TPSA) is 111 Å². The van der Waals surface area contributed by atoms with Crippen LogP contribution in [-0.2, 0) is 0 Å². The second kappa shape index (κ2) is 32.1. The molecule has 0 radical (unpaired) electrons. The Morgan fingerprint density at radius 2 is 0.167 bits per heavy atom. The van der Waals surface area contributed by atoms with Crippen LogP contribution in [0.1, 0.15) is 66.8 Å². The van der Waals surface area contributed by atoms with Crippen molar-refractivity contribution in [2.75, 3.05) is 0 Å². The summed E-state index contributed by atoms with van der Waals surface area (Å²) in [6.45, 7) is 24.4. The van der Waals surface area contributed by atoms with Crippen LogP contribution in [0.4, 0.5) is 0 Å². The minimum Gasteiger partial charge on any atom is -0.453 e. The van der Waals surface area contributed by atoms with Gasteiger partial charge >= 0.3 is 0 Å². The maximum absolute atomic E-state index is 7.95. The lowest BCUT2D eigenvalue weighted by molar-refractivity contribution is 0.367. The molecule has 0 saturated carbocycles. The number of rotatable bonds is 24. The summed E-state index contributed by atoms with van der Waals surface area (Å²) in [7, 11) is 0. The van der Waals surface area contributed by atoms with Gasteiger partial charge in [-0.2, -0.15) is 0 Å². The molecule has 0 aromatic heterocycles. The van der Waals surface area contributed by atoms with E-state index in [1.54, 1.807) is 0 Å². The third-order valence-corrected chi connectivity index (χ3v) is 19.6. The first-order chi connectivity index (χ1) is 55.3. The van der Waals surface area contributed by atoms with Crippen molar-refractivity contribution < 1.29 is 56.8 Å². The maximum atomic E-state index is 7.95. The summed E-state index contributed by atoms with van der Waals surface area (Å²) in [6, 6.07) is 94.0. The van der Waals surface area contributed by atoms with Crippen molar-refractivity contribution in [2.45, 2.75) is 83.1 Å². The SMILES string of the molecule is Cc1ccc(Oc2c(Oc3ccc(C)cc3)c(Oc3ccc(C)cc3)c3c(c2Oc2ccc(C)cc2)c2c(Oc4ccc(C)cc4)c(Oc4ccc(C)cc4)c(Oc4ccc(C)cc4)c(Oc4ccc(C)cc4)c2c2c(Oc4ccc(C)cc4)c(Oc4ccc(C)cc4)c(Oc4ccc(C)cc4)c(Oc4ccc(C)cc4)c32)cc1. The van der Waals surface area contributed by atoms with Crippen LogP contribution >= 0.6 is 0 Å². The van der Waals surface area contributed by atoms with E-state index in [4.69, 9.17) is 56.8 Å². The molecule has 12 nitrogen and oxygen atoms in total. The molecule has 0 amide bonds. The number of hydrogen-bond acceptors (Lipinski definition) is 12. The fourth-order valence-corrected chi connectivity index (χ4v) is 13.2. The molecule has 0 heterocycles. The summed E-state index contributed by atoms with van der Waals surface area (Å²) in [5.74, 6) is 6.09. The molecule has 0 N–H and O–H groups in total. The Bertz CT molecular complexity index is 5150. The highest BCUT2D eigenvalue weighted by Crippen LogP contribution is 2.69. The molecule has 16 aromatic carbocycles. The minimum atomic E-state index is 0.0751. The van der Waals surface area contributed by atoms with Crippen LogP contribution in [0, 0.1) is 83.1 Å². The zero-order valence-corrected chi connectivity index (χ0v) is 65.6. The van der Waals surface area contributed by atoms with Gasteiger partial charge in [0.2, 0.25) is 34.5 Å². The third-order valence-electron chi connectivity index (χ3n) is 19.6. The summed E-state index contributed by atoms with van der Waals surface area (Å²) in [6.07, 6.45) is 0. The molecule has 0 atom stereocenters. The highest BCUT2D eigenvalue weighted by molar-refractivity contribution is 6.36. The van der Waals surface area contributed by atoms with Crippen molar-refractivity contribution >= 4 is 32.3 Å². The second-order valence-corrected chi connectivity index (χ2v) is 29.2. The van der Waals surface area contributed by atoms with E-state index in [1.807, 2.05) is 374 Å². The molecular weight excluding hydrogens is 1420 g/mol. The molecule has 16 rings (SSSR count). The van der Waals surface area contributed by atoms with Gasteiger partial charge in [0, 0.05) is 32.3 Å². The lowest BCUT2D eigenvalue weighted by atomic mass is 9.88. The number of hydrogen-bond donors (Lipinski definition) is 0. The Labute approximate surface area is 664 Å². The Morgan fingerprint density at radius 3 is 0.246 bits per heavy atom. The van der Waals surface area contributed by atoms with E-state index in [-0.39, 0.29) is 101 Å². The molecule has 0 spiro atoms. The van der Waals surface area contributed by atoms with Crippen LogP contribution in [0.3, 0.4) is 0 Å². The van der Waals surface area contributed by atoms with Gasteiger partial charge in [-0.3, -0.25) is 0 Å². The van der Waals surface area contributed by atoms with Gasteiger partial charge in [0.25, 0.3) is 0 Å². The van der Waals surface area contributed by atoms with E-state index in [9.17, 15) is 0 Å². The molecule has 114 heavy (non-hydrogen) atoms. The highest BCUT2D eigenvalue weighted by Gasteiger charge is 2.41. The van der Waals surface area contributed by atoms with Crippen LogP contribution in [0.5, 0.6) is 138 Å². The number of ether oxygens (including phenoxy) is 12. The Balaban J connectivity index is 1.29. The fraction of sp³-hybridized carbons (Fsp3) is 0.118. The van der Waals surface area contributed by atoms with Crippen LogP contribution in [0.25, 0.3) is 32.3 Å². The number of benzene rings is 16. The molecule has 12 heteroatoms. The molecule has 0 unspecified atom stereocenters. The van der Waals surface area contributed by atoms with Gasteiger partial charge in [-0.25, -0.2) is 0 Å². The Kier molecular flexibility index (Phi) is 20.8. The summed E-state index contributed by atoms with van der Waals surface area (Å²) in [5.41, 5.74) is 11.9. The maximum Gasteiger partial charge on any atom is 0.216 e. The normalized spacial score (nSPS) is 11.2. The molecule has 0 aliphatic carbocycles. The Morgan fingerprint density at radius 1 is 0.0965 bits per heavy atom. The quantitative estimate of drug-likeness (QED) is 0.0537. The monoisotopic (exact) mass is 1500 g/mol. The van der Waals surface area contributed by atoms with Crippen molar-refractivity contribution in [1.82, 2.24) is 0 Å². The summed E-state index contributed by atoms with van der Waals surface area (Å²) in [5, 5.41) is 1.71. The standard InChI is InChI=1S/C102H84O12/c1-61-13-37-73(38-14-61)103-91-85-86(92(104-74-39-15-62(2)16-40-74)98(110-80-51-27-68(8)28-52-80)97(91)109-79-49-25-67(7)26-50-79)88-90(96(108-78-47-23-66(6)24-48-78)102(114-84-59-35-72(12)36-60-84)101(113-83-57-33-71(11)34-58-83)94(88)106-76-43-19-64(4)20-44-76)89-87(85)93(105-75-41-17-63(3)18-42-75)99(111-81-53-29-69(9)30-54-81)100(112-82-55-31-70(10)32-56-82)95(89)107-77-45-21-65(5)22-46-77/h13-60H,1-12H3. The predicted molar refractivity (Wildman–Crippen MR) is 454 cm³/mol. The summed E-state index contributed by atoms with van der Waals surface area (Å²) >= 11 is 0. The van der Waals surface area contributed by atoms with Crippen molar-refractivity contribution in [3.05, 3.63) is 358 Å². The molecule has 0 fully saturated rings. The first-order valence-electron chi connectivity index (χ1n) is 38.0. The zero-order chi connectivity index (χ0) is 78.7. The second-order valence-electron chi connectivity index (χ2n) is 29.2. The van der Waals surface area contributed by atoms with Crippen LogP contribution in [0.2, 0.25) is 0 Å². The van der Waals surface area contributed by atoms with E-state index in [2.05, 4.69) is 0 Å². The molecule has 0 bridgehead atoms. The van der Waals surface area contributed by atoms with Gasteiger partial charge in [0.15, 0.2) is 34.5 Å². The molecule has 564 valence electrons. The first kappa shape index (κ1) is 74.0. The van der Waals surface area contributed by atoms with Gasteiger partial charge in [0.05, 0.1) is 0 Å². The average molecular weight is 1500 g/mol. The smallest absolute Gasteiger partial charge is 0.216 e. The van der Waals surface area contributed by atoms with Crippen molar-refractivity contribution in [3.8, 4) is 138 Å². The first-order valence-corrected chi connectivity index (χ1v) is 38.0. The minimum absolute atomic E-state index is 0.0751. The van der Waals surface area contributed by atoms with E-state index in [0.29, 0.717) is 69.0 Å². The lowest BCUT2D eigenvalue weighted by Crippen LogP contribution is -2.06. The van der Waals surface area contributed by atoms with Crippen molar-refractivity contribution in [2.24, 2.45) is 0 Å². The molecular formula is C102H84O12. The predicted octanol–water partition coefficient (Wildman–Crippen LogP) is 30.4. The Hall–Kier alpha value is -14.1. The van der Waals surface area contributed by atoms with Crippen LogP contribution < -0.4 is 56.8 Å². The van der Waals surface area contributed by atoms with Crippen LogP contribution in [-0.4, -0.2) is 0 Å². The van der Waals surface area contributed by atoms with Gasteiger partial charge in [-0.15, -0.1) is 0 Å². The van der Waals surface area contributed by atoms with Gasteiger partial charge in [0.1, 0.15) is 69.0 Å². The molecule has 0 aliphatic heterocycles. The highest BCUT2D eigenvalue weighted by atomic mass is 16.6. The number of fused-ring (bicyclic) bond motifs is 6. The fourth-order valence-electron chi connectivity index (χ4n) is 13.2. The average Bonchev–Trinajstić information content (AvgIpc) is 0.678. The van der Waals surface area contributed by atoms with Crippen molar-refractivity contribution in [3.63, 3.8) is 0 Å². The molecule has 0 saturated heterocycles. The van der Waals surface area contributed by atoms with E-state index >= 15 is 0 Å². The number of aryl methyl sites for hydroxylation is 12. The van der Waals surface area contributed by atoms with Crippen molar-refractivity contribution in [1.29, 1.82) is 0 Å². The zero-order valence-electron chi connectivity index (χ0n) is 65.6. The summed E-state index contributed by atoms with van der Waals surface area (Å²) in [4.78, 5) is 0. The lowest BCUT2D eigenvalue weighted by Gasteiger charge is -2.29. The van der Waals surface area contributed by atoms with Gasteiger partial charge < -0.3 is 56.8 Å². The molecule has 0 aliphatic rings. The van der Waals surface area contributed by atoms with Gasteiger partial charge in [-0.05, 0) is 229 Å². The van der Waals surface area contributed by atoms with Crippen LogP contribution in [0.15, 0.2) is 291 Å². The van der Waals surface area contributed by atoms with E-state index in [1.165, 1.54) is 0 Å². The largest absolute Gasteiger partial charge is 0.453 e. The third kappa shape index (κ3) is 16.2. The van der Waals surface area contributed by atoms with E-state index in [0.717, 1.165) is 66.8 Å². The van der Waals surface area contributed by atoms with E-state index < -0.39 is 0 Å². The molecule has 16 aromatic rings. The summed E-state index contributed by atoms with van der Waals surface area (Å²) < 4.78 is 94.0. The van der Waals surface area contributed by atoms with Gasteiger partial charge in [-0.1, -0.05) is 212 Å².